The van der Waals surface area contributed by atoms with Gasteiger partial charge in [-0.15, -0.1) is 11.3 Å². The molecule has 28 heavy (non-hydrogen) atoms. The number of thioether (sulfide) groups is 1. The molecule has 1 N–H and O–H groups in total. The number of rotatable bonds is 6. The van der Waals surface area contributed by atoms with Crippen molar-refractivity contribution in [1.29, 1.82) is 0 Å². The minimum Gasteiger partial charge on any atom is -0.482 e. The standard InChI is InChI=1S/C20H16N2O4S2/c1-11-2-7-15(28-11)14-10-27-20-18(14)19(25)21-16(22-20)8-12-3-5-13(6-4-12)26-9-17(23)24/h2-7,10,18H,8-9H2,1H3,(H,23,24). The zero-order valence-corrected chi connectivity index (χ0v) is 16.5. The van der Waals surface area contributed by atoms with E-state index >= 15 is 0 Å². The highest BCUT2D eigenvalue weighted by atomic mass is 32.2. The molecule has 6 nitrogen and oxygen atoms in total. The summed E-state index contributed by atoms with van der Waals surface area (Å²) < 4.78 is 5.12. The zero-order valence-electron chi connectivity index (χ0n) is 14.9. The van der Waals surface area contributed by atoms with Crippen LogP contribution >= 0.6 is 23.1 Å². The van der Waals surface area contributed by atoms with E-state index in [1.165, 1.54) is 16.6 Å². The van der Waals surface area contributed by atoms with Crippen LogP contribution in [0.2, 0.25) is 0 Å². The number of carbonyl (C=O) groups excluding carboxylic acids is 1. The van der Waals surface area contributed by atoms with E-state index < -0.39 is 11.9 Å². The van der Waals surface area contributed by atoms with Gasteiger partial charge >= 0.3 is 5.97 Å². The molecule has 8 heteroatoms. The molecule has 4 rings (SSSR count). The molecule has 3 heterocycles. The highest BCUT2D eigenvalue weighted by Gasteiger charge is 2.37. The van der Waals surface area contributed by atoms with Crippen LogP contribution in [-0.2, 0) is 16.0 Å². The minimum atomic E-state index is -1.02. The van der Waals surface area contributed by atoms with Crippen molar-refractivity contribution in [3.63, 3.8) is 0 Å². The number of amidine groups is 1. The van der Waals surface area contributed by atoms with Gasteiger partial charge in [-0.3, -0.25) is 4.79 Å². The van der Waals surface area contributed by atoms with E-state index in [2.05, 4.69) is 9.98 Å². The third-order valence-corrected chi connectivity index (χ3v) is 6.25. The topological polar surface area (TPSA) is 88.3 Å². The minimum absolute atomic E-state index is 0.177. The van der Waals surface area contributed by atoms with Crippen molar-refractivity contribution in [1.82, 2.24) is 0 Å². The highest BCUT2D eigenvalue weighted by Crippen LogP contribution is 2.42. The molecular formula is C20H16N2O4S2. The number of thiophene rings is 1. The Morgan fingerprint density at radius 1 is 1.18 bits per heavy atom. The molecule has 0 radical (unpaired) electrons. The lowest BCUT2D eigenvalue weighted by Crippen LogP contribution is -2.25. The van der Waals surface area contributed by atoms with Crippen molar-refractivity contribution in [3.8, 4) is 5.75 Å². The highest BCUT2D eigenvalue weighted by molar-refractivity contribution is 8.17. The Hall–Kier alpha value is -2.71. The first-order valence-corrected chi connectivity index (χ1v) is 10.3. The van der Waals surface area contributed by atoms with Gasteiger partial charge in [-0.25, -0.2) is 9.79 Å². The molecule has 2 aromatic rings. The van der Waals surface area contributed by atoms with Crippen molar-refractivity contribution < 1.29 is 19.4 Å². The number of carbonyl (C=O) groups is 2. The molecule has 1 unspecified atom stereocenters. The van der Waals surface area contributed by atoms with E-state index in [1.54, 1.807) is 23.5 Å². The number of carboxylic acid groups (broad SMARTS) is 1. The van der Waals surface area contributed by atoms with E-state index in [9.17, 15) is 9.59 Å². The quantitative estimate of drug-likeness (QED) is 0.780. The lowest BCUT2D eigenvalue weighted by molar-refractivity contribution is -0.139. The number of fused-ring (bicyclic) bond motifs is 1. The largest absolute Gasteiger partial charge is 0.482 e. The maximum atomic E-state index is 12.7. The Kier molecular flexibility index (Phi) is 5.15. The number of hydrogen-bond acceptors (Lipinski definition) is 6. The second kappa shape index (κ2) is 7.73. The van der Waals surface area contributed by atoms with Crippen LogP contribution in [0.1, 0.15) is 15.3 Å². The van der Waals surface area contributed by atoms with E-state index in [1.807, 2.05) is 36.6 Å². The fraction of sp³-hybridized carbons (Fsp3) is 0.200. The van der Waals surface area contributed by atoms with Gasteiger partial charge in [0.1, 0.15) is 17.5 Å². The fourth-order valence-corrected chi connectivity index (χ4v) is 4.99. The molecule has 1 atom stereocenters. The lowest BCUT2D eigenvalue weighted by atomic mass is 9.98. The SMILES string of the molecule is Cc1ccc(C2=CSC3=NC(Cc4ccc(OCC(=O)O)cc4)=NC(=O)C23)s1. The second-order valence-corrected chi connectivity index (χ2v) is 8.53. The number of aryl methyl sites for hydroxylation is 1. The third kappa shape index (κ3) is 3.93. The van der Waals surface area contributed by atoms with Gasteiger partial charge in [0.25, 0.3) is 5.91 Å². The van der Waals surface area contributed by atoms with Crippen molar-refractivity contribution in [2.45, 2.75) is 13.3 Å². The van der Waals surface area contributed by atoms with Crippen molar-refractivity contribution in [2.24, 2.45) is 15.9 Å². The summed E-state index contributed by atoms with van der Waals surface area (Å²) in [5, 5.41) is 11.4. The number of benzene rings is 1. The zero-order chi connectivity index (χ0) is 19.7. The summed E-state index contributed by atoms with van der Waals surface area (Å²) in [5.41, 5.74) is 1.90. The molecule has 0 fully saturated rings. The maximum Gasteiger partial charge on any atom is 0.341 e. The van der Waals surface area contributed by atoms with E-state index in [-0.39, 0.29) is 12.5 Å². The van der Waals surface area contributed by atoms with Crippen molar-refractivity contribution in [2.75, 3.05) is 6.61 Å². The third-order valence-electron chi connectivity index (χ3n) is 4.26. The van der Waals surface area contributed by atoms with Gasteiger partial charge in [0.05, 0.1) is 5.04 Å². The summed E-state index contributed by atoms with van der Waals surface area (Å²) in [6, 6.07) is 11.1. The second-order valence-electron chi connectivity index (χ2n) is 6.35. The first-order chi connectivity index (χ1) is 13.5. The summed E-state index contributed by atoms with van der Waals surface area (Å²) in [5.74, 6) is -0.628. The Morgan fingerprint density at radius 2 is 1.96 bits per heavy atom. The summed E-state index contributed by atoms with van der Waals surface area (Å²) in [6.45, 7) is 1.66. The van der Waals surface area contributed by atoms with E-state index in [0.29, 0.717) is 18.0 Å². The number of amides is 1. The predicted octanol–water partition coefficient (Wildman–Crippen LogP) is 3.80. The Bertz CT molecular complexity index is 1030. The molecule has 1 aromatic heterocycles. The molecule has 0 saturated heterocycles. The van der Waals surface area contributed by atoms with Crippen LogP contribution in [-0.4, -0.2) is 34.5 Å². The number of aliphatic imine (C=N–C) groups is 2. The summed E-state index contributed by atoms with van der Waals surface area (Å²) in [7, 11) is 0. The fourth-order valence-electron chi connectivity index (χ4n) is 2.97. The monoisotopic (exact) mass is 412 g/mol. The van der Waals surface area contributed by atoms with Gasteiger partial charge in [-0.05, 0) is 47.7 Å². The predicted molar refractivity (Wildman–Crippen MR) is 111 cm³/mol. The van der Waals surface area contributed by atoms with E-state index in [0.717, 1.165) is 21.1 Å². The van der Waals surface area contributed by atoms with Gasteiger partial charge in [0.15, 0.2) is 6.61 Å². The van der Waals surface area contributed by atoms with Crippen LogP contribution in [0.3, 0.4) is 0 Å². The van der Waals surface area contributed by atoms with Crippen LogP contribution in [0, 0.1) is 12.8 Å². The average Bonchev–Trinajstić information content (AvgIpc) is 3.27. The van der Waals surface area contributed by atoms with Crippen LogP contribution < -0.4 is 4.74 Å². The molecule has 1 aromatic carbocycles. The Balaban J connectivity index is 1.46. The number of nitrogens with zero attached hydrogens (tertiary/aromatic N) is 2. The molecule has 0 saturated carbocycles. The molecule has 2 aliphatic heterocycles. The number of aliphatic carboxylic acids is 1. The van der Waals surface area contributed by atoms with Gasteiger partial charge < -0.3 is 9.84 Å². The van der Waals surface area contributed by atoms with Crippen LogP contribution in [0.4, 0.5) is 0 Å². The normalized spacial score (nSPS) is 18.2. The first kappa shape index (κ1) is 18.6. The molecule has 0 aliphatic carbocycles. The molecular weight excluding hydrogens is 396 g/mol. The molecule has 2 aliphatic rings. The maximum absolute atomic E-state index is 12.7. The Labute approximate surface area is 169 Å². The first-order valence-electron chi connectivity index (χ1n) is 8.56. The van der Waals surface area contributed by atoms with E-state index in [4.69, 9.17) is 9.84 Å². The number of ether oxygens (including phenoxy) is 1. The smallest absolute Gasteiger partial charge is 0.341 e. The summed E-state index contributed by atoms with van der Waals surface area (Å²) in [4.78, 5) is 34.3. The lowest BCUT2D eigenvalue weighted by Gasteiger charge is -2.16. The van der Waals surface area contributed by atoms with Gasteiger partial charge in [0.2, 0.25) is 0 Å². The number of carboxylic acids is 1. The summed E-state index contributed by atoms with van der Waals surface area (Å²) >= 11 is 3.15. The van der Waals surface area contributed by atoms with Gasteiger partial charge in [0, 0.05) is 16.2 Å². The van der Waals surface area contributed by atoms with Crippen molar-refractivity contribution >= 4 is 51.4 Å². The molecule has 0 spiro atoms. The molecule has 0 bridgehead atoms. The molecule has 142 valence electrons. The van der Waals surface area contributed by atoms with Gasteiger partial charge in [-0.1, -0.05) is 23.9 Å². The molecule has 1 amide bonds. The van der Waals surface area contributed by atoms with Crippen LogP contribution in [0.5, 0.6) is 5.75 Å². The van der Waals surface area contributed by atoms with Gasteiger partial charge in [-0.2, -0.15) is 4.99 Å². The Morgan fingerprint density at radius 3 is 2.64 bits per heavy atom. The average molecular weight is 412 g/mol. The number of hydrogen-bond donors (Lipinski definition) is 1. The summed E-state index contributed by atoms with van der Waals surface area (Å²) in [6.07, 6.45) is 0.426. The van der Waals surface area contributed by atoms with Crippen LogP contribution in [0.25, 0.3) is 5.57 Å². The van der Waals surface area contributed by atoms with Crippen LogP contribution in [0.15, 0.2) is 51.8 Å². The van der Waals surface area contributed by atoms with Crippen molar-refractivity contribution in [3.05, 3.63) is 57.1 Å².